The van der Waals surface area contributed by atoms with Crippen molar-refractivity contribution in [2.75, 3.05) is 21.3 Å². The fraction of sp³-hybridized carbons (Fsp3) is 0.778. The highest BCUT2D eigenvalue weighted by Crippen LogP contribution is 2.05. The summed E-state index contributed by atoms with van der Waals surface area (Å²) >= 11 is 0. The maximum Gasteiger partial charge on any atom is 0.172 e. The van der Waals surface area contributed by atoms with Gasteiger partial charge in [0.1, 0.15) is 0 Å². The molecule has 3 heteroatoms. The van der Waals surface area contributed by atoms with E-state index in [0.717, 1.165) is 12.8 Å². The van der Waals surface area contributed by atoms with Crippen LogP contribution in [0.2, 0.25) is 0 Å². The van der Waals surface area contributed by atoms with Crippen LogP contribution in [0.15, 0.2) is 0 Å². The maximum atomic E-state index is 5.16. The highest BCUT2D eigenvalue weighted by molar-refractivity contribution is 4.86. The predicted octanol–water partition coefficient (Wildman–Crippen LogP) is 0.607. The zero-order valence-corrected chi connectivity index (χ0v) is 7.96. The molecule has 0 rings (SSSR count). The van der Waals surface area contributed by atoms with Crippen LogP contribution in [-0.4, -0.2) is 33.6 Å². The van der Waals surface area contributed by atoms with Crippen LogP contribution < -0.4 is 5.32 Å². The molecule has 0 saturated heterocycles. The van der Waals surface area contributed by atoms with Crippen LogP contribution in [0.5, 0.6) is 0 Å². The highest BCUT2D eigenvalue weighted by Gasteiger charge is 2.17. The molecule has 0 aliphatic rings. The first kappa shape index (κ1) is 11.4. The zero-order valence-electron chi connectivity index (χ0n) is 7.96. The van der Waals surface area contributed by atoms with Gasteiger partial charge in [0.2, 0.25) is 0 Å². The number of rotatable bonds is 6. The third-order valence-corrected chi connectivity index (χ3v) is 1.76. The van der Waals surface area contributed by atoms with Crippen molar-refractivity contribution in [3.8, 4) is 12.3 Å². The largest absolute Gasteiger partial charge is 0.354 e. The Morgan fingerprint density at radius 2 is 2.00 bits per heavy atom. The molecule has 1 atom stereocenters. The number of methoxy groups -OCH3 is 2. The van der Waals surface area contributed by atoms with E-state index in [1.807, 2.05) is 7.05 Å². The van der Waals surface area contributed by atoms with Crippen molar-refractivity contribution >= 4 is 0 Å². The predicted molar refractivity (Wildman–Crippen MR) is 48.7 cm³/mol. The first-order chi connectivity index (χ1) is 5.79. The SMILES string of the molecule is C#CCCC(NC)C(OC)OC. The summed E-state index contributed by atoms with van der Waals surface area (Å²) < 4.78 is 10.2. The van der Waals surface area contributed by atoms with Gasteiger partial charge in [-0.1, -0.05) is 0 Å². The molecule has 0 amide bonds. The molecule has 70 valence electrons. The normalized spacial score (nSPS) is 12.9. The van der Waals surface area contributed by atoms with Gasteiger partial charge in [0, 0.05) is 20.6 Å². The lowest BCUT2D eigenvalue weighted by atomic mass is 10.1. The van der Waals surface area contributed by atoms with E-state index in [1.165, 1.54) is 0 Å². The molecule has 0 aromatic rings. The molecule has 0 spiro atoms. The van der Waals surface area contributed by atoms with E-state index in [4.69, 9.17) is 15.9 Å². The van der Waals surface area contributed by atoms with E-state index in [9.17, 15) is 0 Å². The van der Waals surface area contributed by atoms with Crippen LogP contribution >= 0.6 is 0 Å². The number of terminal acetylenes is 1. The van der Waals surface area contributed by atoms with E-state index in [0.29, 0.717) is 0 Å². The van der Waals surface area contributed by atoms with Crippen LogP contribution in [0.25, 0.3) is 0 Å². The van der Waals surface area contributed by atoms with Crippen LogP contribution in [0, 0.1) is 12.3 Å². The minimum Gasteiger partial charge on any atom is -0.354 e. The second-order valence-corrected chi connectivity index (χ2v) is 2.48. The summed E-state index contributed by atoms with van der Waals surface area (Å²) in [6.07, 6.45) is 6.53. The maximum absolute atomic E-state index is 5.16. The van der Waals surface area contributed by atoms with Crippen molar-refractivity contribution in [1.29, 1.82) is 0 Å². The Hall–Kier alpha value is -0.560. The molecular weight excluding hydrogens is 154 g/mol. The molecule has 0 bridgehead atoms. The summed E-state index contributed by atoms with van der Waals surface area (Å²) in [5.41, 5.74) is 0. The molecular formula is C9H17NO2. The fourth-order valence-electron chi connectivity index (χ4n) is 1.08. The van der Waals surface area contributed by atoms with Crippen molar-refractivity contribution in [3.05, 3.63) is 0 Å². The van der Waals surface area contributed by atoms with Crippen molar-refractivity contribution in [2.24, 2.45) is 0 Å². The molecule has 0 fully saturated rings. The quantitative estimate of drug-likeness (QED) is 0.469. The van der Waals surface area contributed by atoms with Crippen LogP contribution in [-0.2, 0) is 9.47 Å². The van der Waals surface area contributed by atoms with Gasteiger partial charge >= 0.3 is 0 Å². The lowest BCUT2D eigenvalue weighted by Gasteiger charge is -2.23. The molecule has 1 unspecified atom stereocenters. The third-order valence-electron chi connectivity index (χ3n) is 1.76. The van der Waals surface area contributed by atoms with Gasteiger partial charge in [0.15, 0.2) is 6.29 Å². The van der Waals surface area contributed by atoms with Crippen molar-refractivity contribution in [1.82, 2.24) is 5.32 Å². The second-order valence-electron chi connectivity index (χ2n) is 2.48. The topological polar surface area (TPSA) is 30.5 Å². The molecule has 0 aliphatic heterocycles. The van der Waals surface area contributed by atoms with Gasteiger partial charge in [-0.3, -0.25) is 0 Å². The molecule has 1 N–H and O–H groups in total. The Labute approximate surface area is 74.4 Å². The van der Waals surface area contributed by atoms with Crippen molar-refractivity contribution in [3.63, 3.8) is 0 Å². The molecule has 12 heavy (non-hydrogen) atoms. The van der Waals surface area contributed by atoms with Crippen LogP contribution in [0.1, 0.15) is 12.8 Å². The van der Waals surface area contributed by atoms with Gasteiger partial charge in [-0.25, -0.2) is 0 Å². The van der Waals surface area contributed by atoms with Crippen molar-refractivity contribution < 1.29 is 9.47 Å². The minimum atomic E-state index is -0.219. The van der Waals surface area contributed by atoms with Crippen LogP contribution in [0.4, 0.5) is 0 Å². The number of hydrogen-bond donors (Lipinski definition) is 1. The molecule has 3 nitrogen and oxygen atoms in total. The van der Waals surface area contributed by atoms with E-state index in [1.54, 1.807) is 14.2 Å². The Morgan fingerprint density at radius 3 is 2.33 bits per heavy atom. The smallest absolute Gasteiger partial charge is 0.172 e. The van der Waals surface area contributed by atoms with Gasteiger partial charge in [-0.05, 0) is 13.5 Å². The van der Waals surface area contributed by atoms with Gasteiger partial charge in [-0.15, -0.1) is 12.3 Å². The van der Waals surface area contributed by atoms with Gasteiger partial charge in [0.25, 0.3) is 0 Å². The van der Waals surface area contributed by atoms with Gasteiger partial charge in [-0.2, -0.15) is 0 Å². The highest BCUT2D eigenvalue weighted by atomic mass is 16.7. The zero-order chi connectivity index (χ0) is 9.40. The monoisotopic (exact) mass is 171 g/mol. The second kappa shape index (κ2) is 7.11. The summed E-state index contributed by atoms with van der Waals surface area (Å²) in [6.45, 7) is 0. The van der Waals surface area contributed by atoms with E-state index < -0.39 is 0 Å². The number of likely N-dealkylation sites (N-methyl/N-ethyl adjacent to an activating group) is 1. The molecule has 0 aromatic heterocycles. The number of hydrogen-bond acceptors (Lipinski definition) is 3. The third kappa shape index (κ3) is 3.72. The average Bonchev–Trinajstić information content (AvgIpc) is 2.12. The Bertz CT molecular complexity index is 138. The summed E-state index contributed by atoms with van der Waals surface area (Å²) in [4.78, 5) is 0. The number of ether oxygens (including phenoxy) is 2. The van der Waals surface area contributed by atoms with E-state index >= 15 is 0 Å². The number of nitrogens with one attached hydrogen (secondary N) is 1. The molecule has 0 saturated carbocycles. The minimum absolute atomic E-state index is 0.163. The van der Waals surface area contributed by atoms with E-state index in [-0.39, 0.29) is 12.3 Å². The Balaban J connectivity index is 3.85. The molecule has 0 heterocycles. The Kier molecular flexibility index (Phi) is 6.78. The van der Waals surface area contributed by atoms with Crippen molar-refractivity contribution in [2.45, 2.75) is 25.2 Å². The van der Waals surface area contributed by atoms with Gasteiger partial charge < -0.3 is 14.8 Å². The summed E-state index contributed by atoms with van der Waals surface area (Å²) in [7, 11) is 5.11. The molecule has 0 radical (unpaired) electrons. The fourth-order valence-corrected chi connectivity index (χ4v) is 1.08. The van der Waals surface area contributed by atoms with E-state index in [2.05, 4.69) is 11.2 Å². The lowest BCUT2D eigenvalue weighted by Crippen LogP contribution is -2.39. The molecule has 0 aromatic carbocycles. The standard InChI is InChI=1S/C9H17NO2/c1-5-6-7-8(10-2)9(11-3)12-4/h1,8-10H,6-7H2,2-4H3. The summed E-state index contributed by atoms with van der Waals surface area (Å²) in [6, 6.07) is 0.163. The first-order valence-electron chi connectivity index (χ1n) is 3.96. The first-order valence-corrected chi connectivity index (χ1v) is 3.96. The molecule has 0 aliphatic carbocycles. The summed E-state index contributed by atoms with van der Waals surface area (Å²) in [5, 5.41) is 3.09. The average molecular weight is 171 g/mol. The van der Waals surface area contributed by atoms with Gasteiger partial charge in [0.05, 0.1) is 6.04 Å². The summed E-state index contributed by atoms with van der Waals surface area (Å²) in [5.74, 6) is 2.58. The lowest BCUT2D eigenvalue weighted by molar-refractivity contribution is -0.122. The van der Waals surface area contributed by atoms with Crippen LogP contribution in [0.3, 0.4) is 0 Å². The Morgan fingerprint density at radius 1 is 1.42 bits per heavy atom.